The molecule has 96 valence electrons. The van der Waals surface area contributed by atoms with Crippen LogP contribution in [0.2, 0.25) is 0 Å². The van der Waals surface area contributed by atoms with E-state index in [9.17, 15) is 8.42 Å². The fourth-order valence-electron chi connectivity index (χ4n) is 2.38. The maximum Gasteiger partial charge on any atom is 0.169 e. The minimum Gasteiger partial charge on any atom is -0.228 e. The van der Waals surface area contributed by atoms with E-state index in [1.807, 2.05) is 25.3 Å². The number of rotatable bonds is 1. The molecule has 2 aromatic heterocycles. The Morgan fingerprint density at radius 3 is 3.00 bits per heavy atom. The van der Waals surface area contributed by atoms with Crippen molar-refractivity contribution in [3.05, 3.63) is 29.7 Å². The molecule has 1 saturated heterocycles. The van der Waals surface area contributed by atoms with Crippen LogP contribution in [0.5, 0.6) is 0 Å². The second-order valence-electron chi connectivity index (χ2n) is 4.83. The number of hydrogen-bond donors (Lipinski definition) is 0. The van der Waals surface area contributed by atoms with Gasteiger partial charge >= 0.3 is 0 Å². The molecular weight excluding hydrogens is 250 g/mol. The quantitative estimate of drug-likeness (QED) is 0.787. The Hall–Kier alpha value is -1.43. The SMILES string of the molecule is Cc1ccn2nc(C3CCCCS3(=O)=O)nc2c1. The van der Waals surface area contributed by atoms with Crippen molar-refractivity contribution < 1.29 is 8.42 Å². The highest BCUT2D eigenvalue weighted by atomic mass is 32.2. The molecule has 0 amide bonds. The van der Waals surface area contributed by atoms with E-state index >= 15 is 0 Å². The molecule has 2 aromatic rings. The van der Waals surface area contributed by atoms with Gasteiger partial charge < -0.3 is 0 Å². The van der Waals surface area contributed by atoms with Crippen LogP contribution in [0.25, 0.3) is 5.65 Å². The van der Waals surface area contributed by atoms with Gasteiger partial charge in [0.2, 0.25) is 0 Å². The number of hydrogen-bond acceptors (Lipinski definition) is 4. The summed E-state index contributed by atoms with van der Waals surface area (Å²) in [7, 11) is -3.07. The highest BCUT2D eigenvalue weighted by Gasteiger charge is 2.33. The molecule has 6 heteroatoms. The predicted molar refractivity (Wildman–Crippen MR) is 68.1 cm³/mol. The summed E-state index contributed by atoms with van der Waals surface area (Å²) in [6, 6.07) is 3.84. The van der Waals surface area contributed by atoms with E-state index in [-0.39, 0.29) is 5.75 Å². The Labute approximate surface area is 106 Å². The van der Waals surface area contributed by atoms with Gasteiger partial charge in [0, 0.05) is 6.20 Å². The minimum absolute atomic E-state index is 0.256. The third-order valence-corrected chi connectivity index (χ3v) is 5.55. The van der Waals surface area contributed by atoms with E-state index in [0.717, 1.165) is 18.4 Å². The van der Waals surface area contributed by atoms with E-state index < -0.39 is 15.1 Å². The topological polar surface area (TPSA) is 64.3 Å². The molecular formula is C12H15N3O2S. The average molecular weight is 265 g/mol. The first-order valence-electron chi connectivity index (χ1n) is 6.11. The van der Waals surface area contributed by atoms with Crippen LogP contribution in [0.15, 0.2) is 18.3 Å². The predicted octanol–water partition coefficient (Wildman–Crippen LogP) is 1.68. The molecule has 5 nitrogen and oxygen atoms in total. The zero-order chi connectivity index (χ0) is 12.8. The summed E-state index contributed by atoms with van der Waals surface area (Å²) in [5.74, 6) is 0.701. The largest absolute Gasteiger partial charge is 0.228 e. The molecule has 1 fully saturated rings. The molecule has 0 bridgehead atoms. The number of aromatic nitrogens is 3. The Bertz CT molecular complexity index is 690. The fourth-order valence-corrected chi connectivity index (χ4v) is 4.22. The zero-order valence-electron chi connectivity index (χ0n) is 10.2. The van der Waals surface area contributed by atoms with Crippen LogP contribution in [0.1, 0.15) is 35.9 Å². The molecule has 18 heavy (non-hydrogen) atoms. The van der Waals surface area contributed by atoms with Crippen LogP contribution in [0.4, 0.5) is 0 Å². The summed E-state index contributed by atoms with van der Waals surface area (Å²) in [4.78, 5) is 4.37. The Morgan fingerprint density at radius 2 is 2.22 bits per heavy atom. The second kappa shape index (κ2) is 4.05. The Morgan fingerprint density at radius 1 is 1.39 bits per heavy atom. The first-order chi connectivity index (χ1) is 8.56. The first-order valence-corrected chi connectivity index (χ1v) is 7.82. The lowest BCUT2D eigenvalue weighted by Gasteiger charge is -2.19. The van der Waals surface area contributed by atoms with Gasteiger partial charge in [-0.2, -0.15) is 0 Å². The maximum absolute atomic E-state index is 12.0. The number of pyridine rings is 1. The Balaban J connectivity index is 2.08. The van der Waals surface area contributed by atoms with Crippen molar-refractivity contribution in [3.63, 3.8) is 0 Å². The van der Waals surface area contributed by atoms with Crippen molar-refractivity contribution in [2.75, 3.05) is 5.75 Å². The molecule has 1 aliphatic heterocycles. The molecule has 0 aliphatic carbocycles. The van der Waals surface area contributed by atoms with Gasteiger partial charge in [-0.25, -0.2) is 17.9 Å². The first kappa shape index (κ1) is 11.6. The average Bonchev–Trinajstić information content (AvgIpc) is 2.70. The van der Waals surface area contributed by atoms with Crippen molar-refractivity contribution in [1.82, 2.24) is 14.6 Å². The van der Waals surface area contributed by atoms with Gasteiger partial charge in [0.25, 0.3) is 0 Å². The van der Waals surface area contributed by atoms with Crippen molar-refractivity contribution in [2.45, 2.75) is 31.4 Å². The number of nitrogens with zero attached hydrogens (tertiary/aromatic N) is 3. The van der Waals surface area contributed by atoms with Crippen molar-refractivity contribution in [1.29, 1.82) is 0 Å². The van der Waals surface area contributed by atoms with E-state index in [1.54, 1.807) is 4.52 Å². The second-order valence-corrected chi connectivity index (χ2v) is 7.13. The number of aryl methyl sites for hydroxylation is 1. The molecule has 0 spiro atoms. The van der Waals surface area contributed by atoms with Crippen molar-refractivity contribution in [2.24, 2.45) is 0 Å². The standard InChI is InChI=1S/C12H15N3O2S/c1-9-5-6-15-11(8-9)13-12(14-15)10-4-2-3-7-18(10,16)17/h5-6,8,10H,2-4,7H2,1H3. The van der Waals surface area contributed by atoms with Gasteiger partial charge in [-0.1, -0.05) is 6.42 Å². The van der Waals surface area contributed by atoms with E-state index in [0.29, 0.717) is 17.9 Å². The number of sulfone groups is 1. The number of fused-ring (bicyclic) bond motifs is 1. The lowest BCUT2D eigenvalue weighted by Crippen LogP contribution is -2.22. The Kier molecular flexibility index (Phi) is 2.62. The van der Waals surface area contributed by atoms with E-state index in [1.165, 1.54) is 0 Å². The third kappa shape index (κ3) is 1.90. The normalized spacial score (nSPS) is 23.3. The molecule has 0 aromatic carbocycles. The highest BCUT2D eigenvalue weighted by molar-refractivity contribution is 7.91. The van der Waals surface area contributed by atoms with Crippen LogP contribution in [0, 0.1) is 6.92 Å². The monoisotopic (exact) mass is 265 g/mol. The fraction of sp³-hybridized carbons (Fsp3) is 0.500. The molecule has 0 saturated carbocycles. The molecule has 1 unspecified atom stereocenters. The van der Waals surface area contributed by atoms with Crippen LogP contribution >= 0.6 is 0 Å². The maximum atomic E-state index is 12.0. The summed E-state index contributed by atoms with van der Waals surface area (Å²) in [6.07, 6.45) is 4.14. The van der Waals surface area contributed by atoms with Crippen molar-refractivity contribution in [3.8, 4) is 0 Å². The lowest BCUT2D eigenvalue weighted by molar-refractivity contribution is 0.538. The summed E-state index contributed by atoms with van der Waals surface area (Å²) in [6.45, 7) is 1.98. The van der Waals surface area contributed by atoms with Crippen LogP contribution < -0.4 is 0 Å². The highest BCUT2D eigenvalue weighted by Crippen LogP contribution is 2.31. The van der Waals surface area contributed by atoms with Gasteiger partial charge in [0.15, 0.2) is 21.3 Å². The van der Waals surface area contributed by atoms with Gasteiger partial charge in [0.1, 0.15) is 5.25 Å². The molecule has 1 aliphatic rings. The summed E-state index contributed by atoms with van der Waals surface area (Å²) in [5, 5.41) is 3.78. The van der Waals surface area contributed by atoms with Gasteiger partial charge in [-0.15, -0.1) is 5.10 Å². The van der Waals surface area contributed by atoms with E-state index in [4.69, 9.17) is 0 Å². The third-order valence-electron chi connectivity index (χ3n) is 3.38. The van der Waals surface area contributed by atoms with Crippen LogP contribution in [-0.2, 0) is 9.84 Å². The zero-order valence-corrected chi connectivity index (χ0v) is 11.0. The summed E-state index contributed by atoms with van der Waals surface area (Å²) >= 11 is 0. The van der Waals surface area contributed by atoms with Crippen LogP contribution in [0.3, 0.4) is 0 Å². The molecule has 1 atom stereocenters. The lowest BCUT2D eigenvalue weighted by atomic mass is 10.2. The molecule has 3 heterocycles. The molecule has 3 rings (SSSR count). The van der Waals surface area contributed by atoms with Gasteiger partial charge in [-0.05, 0) is 37.5 Å². The van der Waals surface area contributed by atoms with Crippen LogP contribution in [-0.4, -0.2) is 28.8 Å². The molecule has 0 radical (unpaired) electrons. The smallest absolute Gasteiger partial charge is 0.169 e. The minimum atomic E-state index is -3.07. The van der Waals surface area contributed by atoms with Gasteiger partial charge in [0.05, 0.1) is 5.75 Å². The summed E-state index contributed by atoms with van der Waals surface area (Å²) in [5.41, 5.74) is 1.80. The van der Waals surface area contributed by atoms with E-state index in [2.05, 4.69) is 10.1 Å². The summed E-state index contributed by atoms with van der Waals surface area (Å²) < 4.78 is 25.7. The molecule has 0 N–H and O–H groups in total. The van der Waals surface area contributed by atoms with Crippen molar-refractivity contribution >= 4 is 15.5 Å². The van der Waals surface area contributed by atoms with Gasteiger partial charge in [-0.3, -0.25) is 0 Å².